The van der Waals surface area contributed by atoms with Crippen LogP contribution in [0, 0.1) is 5.92 Å². The molecule has 0 bridgehead atoms. The third-order valence-corrected chi connectivity index (χ3v) is 6.71. The lowest BCUT2D eigenvalue weighted by Gasteiger charge is -2.52. The molecule has 26 heavy (non-hydrogen) atoms. The Morgan fingerprint density at radius 3 is 2.69 bits per heavy atom. The molecule has 0 unspecified atom stereocenters. The molecule has 1 aromatic rings. The molecule has 0 N–H and O–H groups in total. The van der Waals surface area contributed by atoms with E-state index in [1.54, 1.807) is 0 Å². The van der Waals surface area contributed by atoms with Crippen LogP contribution in [-0.4, -0.2) is 79.6 Å². The Labute approximate surface area is 156 Å². The SMILES string of the molecule is CN1CCN(C)C2(CCN(C(=O)[C@H]3CCOc4ccccc4C3)CC2)C1. The molecule has 5 nitrogen and oxygen atoms in total. The van der Waals surface area contributed by atoms with Gasteiger partial charge in [0.2, 0.25) is 5.91 Å². The van der Waals surface area contributed by atoms with Crippen molar-refractivity contribution in [3.05, 3.63) is 29.8 Å². The number of likely N-dealkylation sites (tertiary alicyclic amines) is 1. The van der Waals surface area contributed by atoms with E-state index >= 15 is 0 Å². The fourth-order valence-electron chi connectivity index (χ4n) is 4.90. The number of hydrogen-bond donors (Lipinski definition) is 0. The highest BCUT2D eigenvalue weighted by atomic mass is 16.5. The summed E-state index contributed by atoms with van der Waals surface area (Å²) >= 11 is 0. The van der Waals surface area contributed by atoms with Gasteiger partial charge in [-0.05, 0) is 51.4 Å². The van der Waals surface area contributed by atoms with Gasteiger partial charge in [0.05, 0.1) is 6.61 Å². The van der Waals surface area contributed by atoms with E-state index in [0.717, 1.165) is 64.2 Å². The molecule has 4 rings (SSSR count). The summed E-state index contributed by atoms with van der Waals surface area (Å²) in [5.41, 5.74) is 1.42. The van der Waals surface area contributed by atoms with E-state index < -0.39 is 0 Å². The van der Waals surface area contributed by atoms with Crippen LogP contribution in [0.4, 0.5) is 0 Å². The van der Waals surface area contributed by atoms with Crippen molar-refractivity contribution in [1.82, 2.24) is 14.7 Å². The smallest absolute Gasteiger partial charge is 0.226 e. The van der Waals surface area contributed by atoms with Crippen LogP contribution in [0.1, 0.15) is 24.8 Å². The Morgan fingerprint density at radius 2 is 1.88 bits per heavy atom. The van der Waals surface area contributed by atoms with Crippen LogP contribution in [0.5, 0.6) is 5.75 Å². The van der Waals surface area contributed by atoms with Gasteiger partial charge >= 0.3 is 0 Å². The molecule has 3 aliphatic rings. The first kappa shape index (κ1) is 17.8. The predicted molar refractivity (Wildman–Crippen MR) is 102 cm³/mol. The Balaban J connectivity index is 1.41. The van der Waals surface area contributed by atoms with Gasteiger partial charge < -0.3 is 14.5 Å². The van der Waals surface area contributed by atoms with Crippen LogP contribution in [-0.2, 0) is 11.2 Å². The predicted octanol–water partition coefficient (Wildman–Crippen LogP) is 1.87. The highest BCUT2D eigenvalue weighted by Crippen LogP contribution is 2.33. The fraction of sp³-hybridized carbons (Fsp3) is 0.667. The van der Waals surface area contributed by atoms with Crippen molar-refractivity contribution >= 4 is 5.91 Å². The van der Waals surface area contributed by atoms with Gasteiger partial charge in [-0.1, -0.05) is 18.2 Å². The maximum absolute atomic E-state index is 13.2. The van der Waals surface area contributed by atoms with Gasteiger partial charge in [-0.2, -0.15) is 0 Å². The van der Waals surface area contributed by atoms with Crippen molar-refractivity contribution in [3.8, 4) is 5.75 Å². The summed E-state index contributed by atoms with van der Waals surface area (Å²) in [4.78, 5) is 20.3. The van der Waals surface area contributed by atoms with E-state index in [2.05, 4.69) is 34.9 Å². The minimum Gasteiger partial charge on any atom is -0.493 e. The minimum absolute atomic E-state index is 0.0551. The van der Waals surface area contributed by atoms with Crippen LogP contribution >= 0.6 is 0 Å². The minimum atomic E-state index is 0.0551. The number of likely N-dealkylation sites (N-methyl/N-ethyl adjacent to an activating group) is 2. The zero-order valence-electron chi connectivity index (χ0n) is 16.1. The molecule has 5 heteroatoms. The molecule has 0 aliphatic carbocycles. The number of hydrogen-bond acceptors (Lipinski definition) is 4. The van der Waals surface area contributed by atoms with Gasteiger partial charge in [0, 0.05) is 44.2 Å². The number of rotatable bonds is 1. The lowest BCUT2D eigenvalue weighted by molar-refractivity contribution is -0.139. The summed E-state index contributed by atoms with van der Waals surface area (Å²) in [5.74, 6) is 1.33. The highest BCUT2D eigenvalue weighted by Gasteiger charge is 2.42. The van der Waals surface area contributed by atoms with Gasteiger partial charge in [0.1, 0.15) is 5.75 Å². The van der Waals surface area contributed by atoms with E-state index in [-0.39, 0.29) is 11.5 Å². The van der Waals surface area contributed by atoms with Crippen molar-refractivity contribution in [1.29, 1.82) is 0 Å². The molecular formula is C21H31N3O2. The normalized spacial score (nSPS) is 26.8. The van der Waals surface area contributed by atoms with Crippen molar-refractivity contribution in [2.75, 3.05) is 53.4 Å². The number of fused-ring (bicyclic) bond motifs is 1. The lowest BCUT2D eigenvalue weighted by Crippen LogP contribution is -2.64. The van der Waals surface area contributed by atoms with E-state index in [9.17, 15) is 4.79 Å². The zero-order valence-corrected chi connectivity index (χ0v) is 16.1. The number of amides is 1. The number of carbonyl (C=O) groups excluding carboxylic acids is 1. The Kier molecular flexibility index (Phi) is 4.93. The number of piperidine rings is 1. The molecule has 1 atom stereocenters. The van der Waals surface area contributed by atoms with Gasteiger partial charge in [-0.25, -0.2) is 0 Å². The molecule has 1 amide bonds. The van der Waals surface area contributed by atoms with E-state index in [1.165, 1.54) is 5.56 Å². The van der Waals surface area contributed by atoms with Gasteiger partial charge in [0.15, 0.2) is 0 Å². The quantitative estimate of drug-likeness (QED) is 0.769. The third-order valence-electron chi connectivity index (χ3n) is 6.71. The Bertz CT molecular complexity index is 654. The summed E-state index contributed by atoms with van der Waals surface area (Å²) in [6.45, 7) is 5.80. The van der Waals surface area contributed by atoms with Crippen LogP contribution in [0.3, 0.4) is 0 Å². The van der Waals surface area contributed by atoms with Gasteiger partial charge in [-0.15, -0.1) is 0 Å². The molecule has 1 spiro atoms. The first-order valence-corrected chi connectivity index (χ1v) is 9.97. The maximum atomic E-state index is 13.2. The maximum Gasteiger partial charge on any atom is 0.226 e. The second kappa shape index (κ2) is 7.20. The summed E-state index contributed by atoms with van der Waals surface area (Å²) in [5, 5.41) is 0. The summed E-state index contributed by atoms with van der Waals surface area (Å²) < 4.78 is 5.85. The molecule has 0 aromatic heterocycles. The molecule has 0 radical (unpaired) electrons. The van der Waals surface area contributed by atoms with E-state index in [0.29, 0.717) is 12.5 Å². The topological polar surface area (TPSA) is 36.0 Å². The average Bonchev–Trinajstić information content (AvgIpc) is 2.87. The van der Waals surface area contributed by atoms with E-state index in [4.69, 9.17) is 4.74 Å². The summed E-state index contributed by atoms with van der Waals surface area (Å²) in [6.07, 6.45) is 3.79. The molecule has 3 aliphatic heterocycles. The van der Waals surface area contributed by atoms with Crippen LogP contribution in [0.25, 0.3) is 0 Å². The van der Waals surface area contributed by atoms with Crippen LogP contribution in [0.2, 0.25) is 0 Å². The second-order valence-corrected chi connectivity index (χ2v) is 8.35. The standard InChI is InChI=1S/C21H31N3O2/c1-22-12-13-23(2)21(16-22)8-10-24(11-9-21)20(25)18-7-14-26-19-6-4-3-5-17(19)15-18/h3-6,18H,7-16H2,1-2H3/t18-/m0/s1. The Hall–Kier alpha value is -1.59. The largest absolute Gasteiger partial charge is 0.493 e. The van der Waals surface area contributed by atoms with Crippen molar-refractivity contribution in [2.24, 2.45) is 5.92 Å². The summed E-state index contributed by atoms with van der Waals surface area (Å²) in [6, 6.07) is 8.15. The molecule has 1 aromatic carbocycles. The Morgan fingerprint density at radius 1 is 1.12 bits per heavy atom. The van der Waals surface area contributed by atoms with Crippen LogP contribution in [0.15, 0.2) is 24.3 Å². The highest BCUT2D eigenvalue weighted by molar-refractivity contribution is 5.79. The van der Waals surface area contributed by atoms with Crippen molar-refractivity contribution in [2.45, 2.75) is 31.2 Å². The molecule has 142 valence electrons. The first-order valence-electron chi connectivity index (χ1n) is 9.97. The van der Waals surface area contributed by atoms with Gasteiger partial charge in [0.25, 0.3) is 0 Å². The monoisotopic (exact) mass is 357 g/mol. The number of nitrogens with zero attached hydrogens (tertiary/aromatic N) is 3. The van der Waals surface area contributed by atoms with Gasteiger partial charge in [-0.3, -0.25) is 9.69 Å². The number of ether oxygens (including phenoxy) is 1. The number of carbonyl (C=O) groups is 1. The number of benzene rings is 1. The molecule has 0 saturated carbocycles. The fourth-order valence-corrected chi connectivity index (χ4v) is 4.90. The van der Waals surface area contributed by atoms with E-state index in [1.807, 2.05) is 18.2 Å². The molecule has 2 saturated heterocycles. The molecule has 2 fully saturated rings. The molecule has 3 heterocycles. The first-order chi connectivity index (χ1) is 12.6. The van der Waals surface area contributed by atoms with Crippen molar-refractivity contribution < 1.29 is 9.53 Å². The second-order valence-electron chi connectivity index (χ2n) is 8.35. The summed E-state index contributed by atoms with van der Waals surface area (Å²) in [7, 11) is 4.47. The lowest BCUT2D eigenvalue weighted by atomic mass is 9.83. The zero-order chi connectivity index (χ0) is 18.1. The number of piperazine rings is 1. The third kappa shape index (κ3) is 3.35. The van der Waals surface area contributed by atoms with Crippen LogP contribution < -0.4 is 4.74 Å². The number of para-hydroxylation sites is 1. The molecular weight excluding hydrogens is 326 g/mol. The average molecular weight is 357 g/mol. The van der Waals surface area contributed by atoms with Crippen molar-refractivity contribution in [3.63, 3.8) is 0 Å².